The highest BCUT2D eigenvalue weighted by Gasteiger charge is 2.21. The van der Waals surface area contributed by atoms with E-state index in [4.69, 9.17) is 0 Å². The lowest BCUT2D eigenvalue weighted by atomic mass is 10.1. The summed E-state index contributed by atoms with van der Waals surface area (Å²) in [6.45, 7) is 3.98. The van der Waals surface area contributed by atoms with E-state index < -0.39 is 10.0 Å². The van der Waals surface area contributed by atoms with E-state index in [2.05, 4.69) is 42.1 Å². The topological polar surface area (TPSA) is 129 Å². The van der Waals surface area contributed by atoms with Crippen LogP contribution in [0, 0.1) is 0 Å². The van der Waals surface area contributed by atoms with Crippen LogP contribution in [-0.2, 0) is 16.4 Å². The summed E-state index contributed by atoms with van der Waals surface area (Å²) in [6, 6.07) is 9.47. The summed E-state index contributed by atoms with van der Waals surface area (Å²) in [7, 11) is -2.04. The van der Waals surface area contributed by atoms with Gasteiger partial charge in [-0.1, -0.05) is 6.58 Å². The molecule has 0 unspecified atom stereocenters. The molecule has 0 atom stereocenters. The number of nitrogens with one attached hydrogen (secondary N) is 3. The SMILES string of the molecule is C=C1Cc2cc(Nc3ncnc4nc(-c5cccnc5N(C)S(C)(=O)=O)[nH]c34)ccc2N1. The van der Waals surface area contributed by atoms with Crippen molar-refractivity contribution in [2.45, 2.75) is 6.42 Å². The molecule has 11 heteroatoms. The van der Waals surface area contributed by atoms with Gasteiger partial charge in [-0.2, -0.15) is 0 Å². The zero-order valence-corrected chi connectivity index (χ0v) is 18.2. The largest absolute Gasteiger partial charge is 0.359 e. The van der Waals surface area contributed by atoms with Crippen LogP contribution in [0.15, 0.2) is 55.1 Å². The quantitative estimate of drug-likeness (QED) is 0.425. The second-order valence-corrected chi connectivity index (χ2v) is 9.53. The summed E-state index contributed by atoms with van der Waals surface area (Å²) in [5, 5.41) is 6.56. The number of aromatic amines is 1. The Morgan fingerprint density at radius 3 is 2.84 bits per heavy atom. The number of anilines is 4. The number of hydrogen-bond donors (Lipinski definition) is 3. The third-order valence-corrected chi connectivity index (χ3v) is 6.38. The lowest BCUT2D eigenvalue weighted by Gasteiger charge is -2.17. The fraction of sp³-hybridized carbons (Fsp3) is 0.143. The molecular formula is C21H20N8O2S. The fourth-order valence-electron chi connectivity index (χ4n) is 3.58. The smallest absolute Gasteiger partial charge is 0.233 e. The first-order valence-electron chi connectivity index (χ1n) is 9.74. The number of hydrogen-bond acceptors (Lipinski definition) is 8. The average Bonchev–Trinajstić information content (AvgIpc) is 3.35. The minimum absolute atomic E-state index is 0.267. The predicted molar refractivity (Wildman–Crippen MR) is 124 cm³/mol. The molecule has 0 saturated heterocycles. The van der Waals surface area contributed by atoms with E-state index in [1.807, 2.05) is 18.2 Å². The molecule has 0 saturated carbocycles. The first kappa shape index (κ1) is 19.9. The zero-order chi connectivity index (χ0) is 22.5. The third-order valence-electron chi connectivity index (χ3n) is 5.21. The van der Waals surface area contributed by atoms with Gasteiger partial charge < -0.3 is 15.6 Å². The molecule has 32 heavy (non-hydrogen) atoms. The Hall–Kier alpha value is -3.99. The maximum Gasteiger partial charge on any atom is 0.233 e. The number of sulfonamides is 1. The predicted octanol–water partition coefficient (Wildman–Crippen LogP) is 3.04. The van der Waals surface area contributed by atoms with Gasteiger partial charge in [-0.05, 0) is 35.9 Å². The first-order chi connectivity index (χ1) is 15.3. The number of imidazole rings is 1. The first-order valence-corrected chi connectivity index (χ1v) is 11.6. The molecule has 0 spiro atoms. The number of rotatable bonds is 5. The highest BCUT2D eigenvalue weighted by molar-refractivity contribution is 7.92. The van der Waals surface area contributed by atoms with Crippen molar-refractivity contribution in [1.82, 2.24) is 24.9 Å². The standard InChI is InChI=1S/C21H20N8O2S/c1-12-9-13-10-14(6-7-16(13)25-12)26-19-17-20(24-11-23-19)28-18(27-17)15-5-4-8-22-21(15)29(2)32(3,30)31/h4-8,10-11,25H,1,9H2,2-3H3,(H2,23,24,26,27,28). The Labute approximate surface area is 184 Å². The maximum atomic E-state index is 12.1. The van der Waals surface area contributed by atoms with Gasteiger partial charge in [-0.25, -0.2) is 28.4 Å². The van der Waals surface area contributed by atoms with Gasteiger partial charge in [0.1, 0.15) is 17.7 Å². The van der Waals surface area contributed by atoms with Crippen molar-refractivity contribution in [2.75, 3.05) is 28.2 Å². The Morgan fingerprint density at radius 2 is 2.03 bits per heavy atom. The summed E-state index contributed by atoms with van der Waals surface area (Å²) in [4.78, 5) is 20.6. The average molecular weight is 449 g/mol. The van der Waals surface area contributed by atoms with Gasteiger partial charge in [0.25, 0.3) is 0 Å². The van der Waals surface area contributed by atoms with E-state index >= 15 is 0 Å². The van der Waals surface area contributed by atoms with Crippen molar-refractivity contribution in [3.05, 3.63) is 60.7 Å². The molecule has 4 heterocycles. The van der Waals surface area contributed by atoms with Gasteiger partial charge in [0.2, 0.25) is 10.0 Å². The van der Waals surface area contributed by atoms with Crippen LogP contribution < -0.4 is 14.9 Å². The monoisotopic (exact) mass is 448 g/mol. The molecule has 1 aliphatic heterocycles. The minimum Gasteiger partial charge on any atom is -0.359 e. The Kier molecular flexibility index (Phi) is 4.55. The molecule has 5 rings (SSSR count). The number of benzene rings is 1. The van der Waals surface area contributed by atoms with Crippen molar-refractivity contribution in [3.63, 3.8) is 0 Å². The maximum absolute atomic E-state index is 12.1. The van der Waals surface area contributed by atoms with Crippen molar-refractivity contribution in [3.8, 4) is 11.4 Å². The molecule has 3 N–H and O–H groups in total. The van der Waals surface area contributed by atoms with Crippen LogP contribution in [0.4, 0.5) is 23.0 Å². The van der Waals surface area contributed by atoms with E-state index in [-0.39, 0.29) is 5.82 Å². The summed E-state index contributed by atoms with van der Waals surface area (Å²) in [5.74, 6) is 1.26. The van der Waals surface area contributed by atoms with Crippen LogP contribution in [0.1, 0.15) is 5.56 Å². The van der Waals surface area contributed by atoms with Crippen LogP contribution in [-0.4, -0.2) is 46.6 Å². The van der Waals surface area contributed by atoms with Crippen molar-refractivity contribution >= 4 is 44.2 Å². The van der Waals surface area contributed by atoms with E-state index in [1.165, 1.54) is 19.6 Å². The summed E-state index contributed by atoms with van der Waals surface area (Å²) < 4.78 is 25.2. The molecule has 162 valence electrons. The second kappa shape index (κ2) is 7.31. The molecule has 3 aromatic heterocycles. The Balaban J connectivity index is 1.54. The van der Waals surface area contributed by atoms with Crippen LogP contribution >= 0.6 is 0 Å². The van der Waals surface area contributed by atoms with E-state index in [1.54, 1.807) is 12.1 Å². The lowest BCUT2D eigenvalue weighted by Crippen LogP contribution is -2.26. The molecule has 0 fully saturated rings. The van der Waals surface area contributed by atoms with Crippen LogP contribution in [0.5, 0.6) is 0 Å². The molecular weight excluding hydrogens is 428 g/mol. The normalized spacial score (nSPS) is 13.1. The molecule has 1 aliphatic rings. The van der Waals surface area contributed by atoms with E-state index in [0.717, 1.165) is 39.6 Å². The van der Waals surface area contributed by atoms with Gasteiger partial charge in [-0.3, -0.25) is 4.31 Å². The van der Waals surface area contributed by atoms with Gasteiger partial charge in [-0.15, -0.1) is 0 Å². The van der Waals surface area contributed by atoms with E-state index in [0.29, 0.717) is 28.4 Å². The number of allylic oxidation sites excluding steroid dienone is 1. The van der Waals surface area contributed by atoms with Crippen molar-refractivity contribution in [1.29, 1.82) is 0 Å². The molecule has 1 aromatic carbocycles. The Morgan fingerprint density at radius 1 is 1.19 bits per heavy atom. The molecule has 0 radical (unpaired) electrons. The molecule has 0 amide bonds. The minimum atomic E-state index is -3.50. The number of H-pyrrole nitrogens is 1. The molecule has 10 nitrogen and oxygen atoms in total. The zero-order valence-electron chi connectivity index (χ0n) is 17.4. The number of aromatic nitrogens is 5. The summed E-state index contributed by atoms with van der Waals surface area (Å²) >= 11 is 0. The van der Waals surface area contributed by atoms with Crippen LogP contribution in [0.2, 0.25) is 0 Å². The third kappa shape index (κ3) is 3.52. The van der Waals surface area contributed by atoms with E-state index in [9.17, 15) is 8.42 Å². The lowest BCUT2D eigenvalue weighted by molar-refractivity contribution is 0.600. The van der Waals surface area contributed by atoms with Crippen molar-refractivity contribution < 1.29 is 8.42 Å². The summed E-state index contributed by atoms with van der Waals surface area (Å²) in [5.41, 5.74) is 5.62. The highest BCUT2D eigenvalue weighted by atomic mass is 32.2. The van der Waals surface area contributed by atoms with Crippen LogP contribution in [0.25, 0.3) is 22.6 Å². The highest BCUT2D eigenvalue weighted by Crippen LogP contribution is 2.33. The fourth-order valence-corrected chi connectivity index (χ4v) is 4.04. The molecule has 4 aromatic rings. The van der Waals surface area contributed by atoms with Crippen molar-refractivity contribution in [2.24, 2.45) is 0 Å². The number of pyridine rings is 1. The van der Waals surface area contributed by atoms with Gasteiger partial charge in [0.15, 0.2) is 17.3 Å². The van der Waals surface area contributed by atoms with Gasteiger partial charge in [0, 0.05) is 36.7 Å². The number of fused-ring (bicyclic) bond motifs is 2. The summed E-state index contributed by atoms with van der Waals surface area (Å²) in [6.07, 6.45) is 4.86. The molecule has 0 bridgehead atoms. The number of nitrogens with zero attached hydrogens (tertiary/aromatic N) is 5. The Bertz CT molecular complexity index is 1480. The molecule has 0 aliphatic carbocycles. The second-order valence-electron chi connectivity index (χ2n) is 7.51. The van der Waals surface area contributed by atoms with Gasteiger partial charge in [0.05, 0.1) is 11.8 Å². The van der Waals surface area contributed by atoms with Crippen LogP contribution in [0.3, 0.4) is 0 Å². The van der Waals surface area contributed by atoms with Gasteiger partial charge >= 0.3 is 0 Å².